The largest absolute Gasteiger partial charge is 0.321 e. The predicted molar refractivity (Wildman–Crippen MR) is 71.0 cm³/mol. The minimum Gasteiger partial charge on any atom is -0.321 e. The van der Waals surface area contributed by atoms with E-state index in [2.05, 4.69) is 26.2 Å². The van der Waals surface area contributed by atoms with Crippen LogP contribution >= 0.6 is 15.9 Å². The van der Waals surface area contributed by atoms with Gasteiger partial charge in [0.15, 0.2) is 0 Å². The van der Waals surface area contributed by atoms with Gasteiger partial charge >= 0.3 is 0 Å². The van der Waals surface area contributed by atoms with Gasteiger partial charge in [0.2, 0.25) is 0 Å². The summed E-state index contributed by atoms with van der Waals surface area (Å²) in [6.45, 7) is 1.62. The van der Waals surface area contributed by atoms with Crippen molar-refractivity contribution < 1.29 is 9.18 Å². The molecule has 0 spiro atoms. The predicted octanol–water partition coefficient (Wildman–Crippen LogP) is 3.54. The molecule has 18 heavy (non-hydrogen) atoms. The molecule has 0 saturated heterocycles. The van der Waals surface area contributed by atoms with Gasteiger partial charge in [0.05, 0.1) is 10.2 Å². The molecule has 2 aromatic rings. The Balaban J connectivity index is 2.22. The fourth-order valence-corrected chi connectivity index (χ4v) is 1.81. The third kappa shape index (κ3) is 2.73. The Morgan fingerprint density at radius 3 is 2.83 bits per heavy atom. The van der Waals surface area contributed by atoms with Crippen molar-refractivity contribution in [1.82, 2.24) is 4.98 Å². The number of anilines is 1. The van der Waals surface area contributed by atoms with Gasteiger partial charge in [-0.15, -0.1) is 0 Å². The lowest BCUT2D eigenvalue weighted by atomic mass is 10.1. The van der Waals surface area contributed by atoms with E-state index in [-0.39, 0.29) is 11.7 Å². The van der Waals surface area contributed by atoms with Crippen LogP contribution in [0.25, 0.3) is 0 Å². The SMILES string of the molecule is Cc1cc(C(=O)Nc2ccncc2Br)ccc1F. The number of nitrogens with zero attached hydrogens (tertiary/aromatic N) is 1. The summed E-state index contributed by atoms with van der Waals surface area (Å²) >= 11 is 3.29. The quantitative estimate of drug-likeness (QED) is 0.922. The molecular weight excluding hydrogens is 299 g/mol. The van der Waals surface area contributed by atoms with E-state index >= 15 is 0 Å². The van der Waals surface area contributed by atoms with Gasteiger partial charge in [0.25, 0.3) is 5.91 Å². The highest BCUT2D eigenvalue weighted by atomic mass is 79.9. The molecule has 1 aromatic heterocycles. The number of nitrogens with one attached hydrogen (secondary N) is 1. The normalized spacial score (nSPS) is 10.2. The van der Waals surface area contributed by atoms with Crippen LogP contribution in [0.15, 0.2) is 41.1 Å². The fourth-order valence-electron chi connectivity index (χ4n) is 1.46. The Kier molecular flexibility index (Phi) is 3.72. The summed E-state index contributed by atoms with van der Waals surface area (Å²) < 4.78 is 13.8. The van der Waals surface area contributed by atoms with Crippen molar-refractivity contribution in [2.75, 3.05) is 5.32 Å². The van der Waals surface area contributed by atoms with Crippen molar-refractivity contribution in [3.63, 3.8) is 0 Å². The first kappa shape index (κ1) is 12.7. The number of benzene rings is 1. The molecule has 1 N–H and O–H groups in total. The van der Waals surface area contributed by atoms with Crippen LogP contribution in [0.3, 0.4) is 0 Å². The van der Waals surface area contributed by atoms with E-state index in [0.717, 1.165) is 0 Å². The molecule has 3 nitrogen and oxygen atoms in total. The van der Waals surface area contributed by atoms with Gasteiger partial charge in [0.1, 0.15) is 5.82 Å². The van der Waals surface area contributed by atoms with Gasteiger partial charge in [-0.1, -0.05) is 0 Å². The maximum absolute atomic E-state index is 13.1. The Hall–Kier alpha value is -1.75. The average Bonchev–Trinajstić information content (AvgIpc) is 2.35. The maximum Gasteiger partial charge on any atom is 0.255 e. The lowest BCUT2D eigenvalue weighted by molar-refractivity contribution is 0.102. The molecular formula is C13H10BrFN2O. The Labute approximate surface area is 112 Å². The van der Waals surface area contributed by atoms with E-state index in [9.17, 15) is 9.18 Å². The van der Waals surface area contributed by atoms with Crippen molar-refractivity contribution in [2.24, 2.45) is 0 Å². The van der Waals surface area contributed by atoms with Crippen molar-refractivity contribution in [2.45, 2.75) is 6.92 Å². The van der Waals surface area contributed by atoms with Crippen LogP contribution in [0.2, 0.25) is 0 Å². The van der Waals surface area contributed by atoms with Crippen molar-refractivity contribution in [3.05, 3.63) is 58.1 Å². The topological polar surface area (TPSA) is 42.0 Å². The molecule has 5 heteroatoms. The molecule has 1 aromatic carbocycles. The minimum absolute atomic E-state index is 0.287. The molecule has 0 unspecified atom stereocenters. The molecule has 2 rings (SSSR count). The van der Waals surface area contributed by atoms with Gasteiger partial charge in [-0.3, -0.25) is 9.78 Å². The zero-order valence-electron chi connectivity index (χ0n) is 9.58. The molecule has 92 valence electrons. The lowest BCUT2D eigenvalue weighted by Crippen LogP contribution is -2.12. The van der Waals surface area contributed by atoms with Gasteiger partial charge in [-0.05, 0) is 52.7 Å². The highest BCUT2D eigenvalue weighted by Gasteiger charge is 2.09. The van der Waals surface area contributed by atoms with Crippen molar-refractivity contribution in [1.29, 1.82) is 0 Å². The summed E-state index contributed by atoms with van der Waals surface area (Å²) in [7, 11) is 0. The number of aryl methyl sites for hydroxylation is 1. The first-order chi connectivity index (χ1) is 8.58. The molecule has 0 saturated carbocycles. The van der Waals surface area contributed by atoms with E-state index < -0.39 is 0 Å². The van der Waals surface area contributed by atoms with Crippen LogP contribution in [0.5, 0.6) is 0 Å². The molecule has 0 radical (unpaired) electrons. The summed E-state index contributed by atoms with van der Waals surface area (Å²) in [4.78, 5) is 15.9. The second-order valence-electron chi connectivity index (χ2n) is 3.77. The summed E-state index contributed by atoms with van der Waals surface area (Å²) in [6.07, 6.45) is 3.17. The molecule has 0 bridgehead atoms. The monoisotopic (exact) mass is 308 g/mol. The van der Waals surface area contributed by atoms with Crippen LogP contribution < -0.4 is 5.32 Å². The molecule has 0 aliphatic rings. The highest BCUT2D eigenvalue weighted by molar-refractivity contribution is 9.10. The van der Waals surface area contributed by atoms with Gasteiger partial charge in [-0.25, -0.2) is 4.39 Å². The fraction of sp³-hybridized carbons (Fsp3) is 0.0769. The number of aromatic nitrogens is 1. The van der Waals surface area contributed by atoms with Gasteiger partial charge < -0.3 is 5.32 Å². The summed E-state index contributed by atoms with van der Waals surface area (Å²) in [6, 6.07) is 5.93. The van der Waals surface area contributed by atoms with E-state index in [0.29, 0.717) is 21.3 Å². The number of halogens is 2. The van der Waals surface area contributed by atoms with E-state index in [4.69, 9.17) is 0 Å². The first-order valence-corrected chi connectivity index (χ1v) is 6.04. The standard InChI is InChI=1S/C13H10BrFN2O/c1-8-6-9(2-3-11(8)15)13(18)17-12-4-5-16-7-10(12)14/h2-7H,1H3,(H,16,17,18). The van der Waals surface area contributed by atoms with E-state index in [1.54, 1.807) is 25.4 Å². The molecule has 0 fully saturated rings. The van der Waals surface area contributed by atoms with E-state index in [1.165, 1.54) is 18.2 Å². The molecule has 0 aliphatic heterocycles. The Morgan fingerprint density at radius 2 is 2.17 bits per heavy atom. The summed E-state index contributed by atoms with van der Waals surface area (Å²) in [5.74, 6) is -0.610. The van der Waals surface area contributed by atoms with Crippen LogP contribution in [-0.4, -0.2) is 10.9 Å². The number of hydrogen-bond acceptors (Lipinski definition) is 2. The van der Waals surface area contributed by atoms with Crippen molar-refractivity contribution in [3.8, 4) is 0 Å². The van der Waals surface area contributed by atoms with Gasteiger partial charge in [-0.2, -0.15) is 0 Å². The number of carbonyl (C=O) groups is 1. The zero-order valence-corrected chi connectivity index (χ0v) is 11.2. The number of hydrogen-bond donors (Lipinski definition) is 1. The van der Waals surface area contributed by atoms with Gasteiger partial charge in [0, 0.05) is 18.0 Å². The van der Waals surface area contributed by atoms with Crippen LogP contribution in [0, 0.1) is 12.7 Å². The Bertz CT molecular complexity index is 601. The second kappa shape index (κ2) is 5.27. The lowest BCUT2D eigenvalue weighted by Gasteiger charge is -2.07. The summed E-state index contributed by atoms with van der Waals surface area (Å²) in [5, 5.41) is 2.72. The third-order valence-electron chi connectivity index (χ3n) is 2.44. The zero-order chi connectivity index (χ0) is 13.1. The second-order valence-corrected chi connectivity index (χ2v) is 4.63. The smallest absolute Gasteiger partial charge is 0.255 e. The molecule has 1 heterocycles. The van der Waals surface area contributed by atoms with Crippen LogP contribution in [-0.2, 0) is 0 Å². The van der Waals surface area contributed by atoms with Crippen LogP contribution in [0.4, 0.5) is 10.1 Å². The average molecular weight is 309 g/mol. The number of carbonyl (C=O) groups excluding carboxylic acids is 1. The van der Waals surface area contributed by atoms with Crippen LogP contribution in [0.1, 0.15) is 15.9 Å². The first-order valence-electron chi connectivity index (χ1n) is 5.25. The van der Waals surface area contributed by atoms with E-state index in [1.807, 2.05) is 0 Å². The number of rotatable bonds is 2. The summed E-state index contributed by atoms with van der Waals surface area (Å²) in [5.41, 5.74) is 1.48. The molecule has 0 atom stereocenters. The maximum atomic E-state index is 13.1. The number of pyridine rings is 1. The minimum atomic E-state index is -0.323. The molecule has 0 aliphatic carbocycles. The highest BCUT2D eigenvalue weighted by Crippen LogP contribution is 2.21. The Morgan fingerprint density at radius 1 is 1.39 bits per heavy atom. The third-order valence-corrected chi connectivity index (χ3v) is 3.07. The molecule has 1 amide bonds. The number of amides is 1. The van der Waals surface area contributed by atoms with Crippen molar-refractivity contribution >= 4 is 27.5 Å².